The number of aliphatic imine (C=N–C) groups is 1. The maximum absolute atomic E-state index is 13.2. The van der Waals surface area contributed by atoms with Crippen LogP contribution in [-0.2, 0) is 11.3 Å². The Hall–Kier alpha value is -3.41. The van der Waals surface area contributed by atoms with Gasteiger partial charge < -0.3 is 10.6 Å². The minimum atomic E-state index is -0.249. The van der Waals surface area contributed by atoms with Gasteiger partial charge in [0.15, 0.2) is 6.19 Å². The number of halogens is 2. The number of guanidine groups is 1. The first-order valence-electron chi connectivity index (χ1n) is 10.5. The van der Waals surface area contributed by atoms with Crippen LogP contribution in [0.25, 0.3) is 6.08 Å². The van der Waals surface area contributed by atoms with Crippen LogP contribution < -0.4 is 11.1 Å². The molecular formula is C24H26ClFN6O. The number of carbonyl (C=O) groups excluding carboxylic acids is 1. The van der Waals surface area contributed by atoms with E-state index in [-0.39, 0.29) is 29.8 Å². The highest BCUT2D eigenvalue weighted by Gasteiger charge is 2.31. The van der Waals surface area contributed by atoms with Gasteiger partial charge in [-0.15, -0.1) is 0 Å². The molecule has 1 heterocycles. The van der Waals surface area contributed by atoms with Crippen LogP contribution in [-0.4, -0.2) is 46.8 Å². The zero-order valence-corrected chi connectivity index (χ0v) is 19.3. The monoisotopic (exact) mass is 468 g/mol. The number of nitriles is 1. The summed E-state index contributed by atoms with van der Waals surface area (Å²) < 4.78 is 13.2. The molecule has 33 heavy (non-hydrogen) atoms. The molecule has 1 saturated heterocycles. The van der Waals surface area contributed by atoms with Crippen molar-refractivity contribution in [1.29, 1.82) is 5.26 Å². The molecular weight excluding hydrogens is 443 g/mol. The van der Waals surface area contributed by atoms with E-state index in [1.807, 2.05) is 11.8 Å². The van der Waals surface area contributed by atoms with E-state index in [4.69, 9.17) is 22.6 Å². The predicted molar refractivity (Wildman–Crippen MR) is 128 cm³/mol. The van der Waals surface area contributed by atoms with Crippen LogP contribution in [0.2, 0.25) is 5.02 Å². The number of amides is 1. The number of rotatable bonds is 5. The molecule has 2 atom stereocenters. The Kier molecular flexibility index (Phi) is 8.04. The van der Waals surface area contributed by atoms with Crippen LogP contribution in [0.15, 0.2) is 53.5 Å². The lowest BCUT2D eigenvalue weighted by atomic mass is 10.1. The summed E-state index contributed by atoms with van der Waals surface area (Å²) in [6.45, 7) is 6.09. The highest BCUT2D eigenvalue weighted by molar-refractivity contribution is 6.30. The topological polar surface area (TPSA) is 97.8 Å². The Bertz CT molecular complexity index is 1100. The molecule has 172 valence electrons. The molecule has 1 amide bonds. The molecule has 0 spiro atoms. The Morgan fingerprint density at radius 2 is 2.00 bits per heavy atom. The molecule has 3 rings (SSSR count). The third-order valence-electron chi connectivity index (χ3n) is 5.52. The normalized spacial score (nSPS) is 19.5. The fourth-order valence-corrected chi connectivity index (χ4v) is 3.94. The molecule has 0 unspecified atom stereocenters. The molecule has 3 N–H and O–H groups in total. The second-order valence-corrected chi connectivity index (χ2v) is 8.45. The molecule has 2 aromatic rings. The van der Waals surface area contributed by atoms with Gasteiger partial charge in [-0.1, -0.05) is 29.8 Å². The Morgan fingerprint density at radius 1 is 1.27 bits per heavy atom. The largest absolute Gasteiger partial charge is 0.369 e. The van der Waals surface area contributed by atoms with E-state index < -0.39 is 0 Å². The van der Waals surface area contributed by atoms with E-state index in [1.165, 1.54) is 18.2 Å². The summed E-state index contributed by atoms with van der Waals surface area (Å²) in [7, 11) is 0. The molecule has 0 aromatic heterocycles. The van der Waals surface area contributed by atoms with Gasteiger partial charge in [0.2, 0.25) is 11.9 Å². The maximum Gasteiger partial charge on any atom is 0.246 e. The van der Waals surface area contributed by atoms with Crippen molar-refractivity contribution in [2.24, 2.45) is 10.7 Å². The molecule has 9 heteroatoms. The summed E-state index contributed by atoms with van der Waals surface area (Å²) >= 11 is 6.06. The summed E-state index contributed by atoms with van der Waals surface area (Å²) in [6, 6.07) is 11.7. The van der Waals surface area contributed by atoms with E-state index in [1.54, 1.807) is 42.6 Å². The molecule has 1 aliphatic rings. The molecule has 1 fully saturated rings. The summed E-state index contributed by atoms with van der Waals surface area (Å²) in [5.41, 5.74) is 7.79. The van der Waals surface area contributed by atoms with Crippen LogP contribution in [0.1, 0.15) is 25.0 Å². The minimum Gasteiger partial charge on any atom is -0.369 e. The number of nitrogens with zero attached hydrogens (tertiary/aromatic N) is 4. The van der Waals surface area contributed by atoms with Crippen LogP contribution >= 0.6 is 11.6 Å². The fraction of sp³-hybridized carbons (Fsp3) is 0.292. The Morgan fingerprint density at radius 3 is 2.70 bits per heavy atom. The number of nitrogens with one attached hydrogen (secondary N) is 1. The van der Waals surface area contributed by atoms with Crippen LogP contribution in [0.3, 0.4) is 0 Å². The summed E-state index contributed by atoms with van der Waals surface area (Å²) in [5.74, 6) is -0.426. The number of benzene rings is 2. The standard InChI is InChI=1S/C24H26ClFN6O/c1-16-13-32(17(2)12-31(16)14-18-3-8-21(26)9-4-18)23(33)10-6-19-5-7-20(25)11-22(19)30-24(28)29-15-27/h3-11,16-17H,12-14H2,1-2H3,(H3,28,29,30)/t16-,17+/m0/s1. The molecule has 2 aromatic carbocycles. The molecule has 1 aliphatic heterocycles. The summed E-state index contributed by atoms with van der Waals surface area (Å²) in [5, 5.41) is 11.4. The Balaban J connectivity index is 1.69. The number of nitrogens with two attached hydrogens (primary N) is 1. The van der Waals surface area contributed by atoms with E-state index in [9.17, 15) is 9.18 Å². The highest BCUT2D eigenvalue weighted by Crippen LogP contribution is 2.25. The van der Waals surface area contributed by atoms with Gasteiger partial charge in [-0.05, 0) is 49.8 Å². The zero-order valence-electron chi connectivity index (χ0n) is 18.5. The highest BCUT2D eigenvalue weighted by atomic mass is 35.5. The lowest BCUT2D eigenvalue weighted by Gasteiger charge is -2.44. The van der Waals surface area contributed by atoms with Crippen LogP contribution in [0.5, 0.6) is 0 Å². The van der Waals surface area contributed by atoms with E-state index in [0.29, 0.717) is 35.9 Å². The first-order chi connectivity index (χ1) is 15.8. The number of carbonyl (C=O) groups is 1. The quantitative estimate of drug-likeness (QED) is 0.229. The van der Waals surface area contributed by atoms with Gasteiger partial charge in [0, 0.05) is 48.4 Å². The van der Waals surface area contributed by atoms with Gasteiger partial charge in [0.25, 0.3) is 0 Å². The summed E-state index contributed by atoms with van der Waals surface area (Å²) in [4.78, 5) is 21.3. The molecule has 0 saturated carbocycles. The van der Waals surface area contributed by atoms with Gasteiger partial charge in [0.1, 0.15) is 5.82 Å². The second-order valence-electron chi connectivity index (χ2n) is 8.01. The summed E-state index contributed by atoms with van der Waals surface area (Å²) in [6.07, 6.45) is 4.88. The first-order valence-corrected chi connectivity index (χ1v) is 10.9. The van der Waals surface area contributed by atoms with Crippen molar-refractivity contribution in [3.63, 3.8) is 0 Å². The fourth-order valence-electron chi connectivity index (χ4n) is 3.78. The molecule has 0 radical (unpaired) electrons. The van der Waals surface area contributed by atoms with Crippen molar-refractivity contribution in [3.05, 3.63) is 70.5 Å². The zero-order chi connectivity index (χ0) is 24.0. The average molecular weight is 469 g/mol. The SMILES string of the molecule is C[C@@H]1CN(Cc2ccc(F)cc2)[C@@H](C)CN1C(=O)C=Cc1ccc(Cl)cc1N=C(N)NC#N. The third kappa shape index (κ3) is 6.54. The van der Waals surface area contributed by atoms with Gasteiger partial charge >= 0.3 is 0 Å². The van der Waals surface area contributed by atoms with Gasteiger partial charge in [-0.25, -0.2) is 9.38 Å². The van der Waals surface area contributed by atoms with Crippen LogP contribution in [0, 0.1) is 17.3 Å². The lowest BCUT2D eigenvalue weighted by Crippen LogP contribution is -2.57. The molecule has 7 nitrogen and oxygen atoms in total. The van der Waals surface area contributed by atoms with Gasteiger partial charge in [0.05, 0.1) is 5.69 Å². The van der Waals surface area contributed by atoms with Gasteiger partial charge in [-0.2, -0.15) is 5.26 Å². The molecule has 0 bridgehead atoms. The second kappa shape index (κ2) is 10.9. The van der Waals surface area contributed by atoms with Crippen molar-refractivity contribution >= 4 is 35.2 Å². The van der Waals surface area contributed by atoms with Crippen molar-refractivity contribution in [2.45, 2.75) is 32.5 Å². The number of piperazine rings is 1. The first kappa shape index (κ1) is 24.2. The predicted octanol–water partition coefficient (Wildman–Crippen LogP) is 3.63. The molecule has 0 aliphatic carbocycles. The van der Waals surface area contributed by atoms with Crippen molar-refractivity contribution in [3.8, 4) is 6.19 Å². The lowest BCUT2D eigenvalue weighted by molar-refractivity contribution is -0.131. The number of hydrogen-bond donors (Lipinski definition) is 2. The van der Waals surface area contributed by atoms with Crippen LogP contribution in [0.4, 0.5) is 10.1 Å². The van der Waals surface area contributed by atoms with E-state index in [0.717, 1.165) is 5.56 Å². The number of hydrogen-bond acceptors (Lipinski definition) is 4. The maximum atomic E-state index is 13.2. The Labute approximate surface area is 198 Å². The van der Waals surface area contributed by atoms with E-state index in [2.05, 4.69) is 22.1 Å². The van der Waals surface area contributed by atoms with Crippen molar-refractivity contribution in [2.75, 3.05) is 13.1 Å². The average Bonchev–Trinajstić information content (AvgIpc) is 2.77. The van der Waals surface area contributed by atoms with Gasteiger partial charge in [-0.3, -0.25) is 15.0 Å². The van der Waals surface area contributed by atoms with Crippen molar-refractivity contribution in [1.82, 2.24) is 15.1 Å². The smallest absolute Gasteiger partial charge is 0.246 e. The van der Waals surface area contributed by atoms with Crippen molar-refractivity contribution < 1.29 is 9.18 Å². The minimum absolute atomic E-state index is 0.0111. The van der Waals surface area contributed by atoms with E-state index >= 15 is 0 Å². The third-order valence-corrected chi connectivity index (χ3v) is 5.75.